The zero-order chi connectivity index (χ0) is 21.8. The van der Waals surface area contributed by atoms with Gasteiger partial charge in [-0.3, -0.25) is 14.7 Å². The molecule has 0 atom stereocenters. The summed E-state index contributed by atoms with van der Waals surface area (Å²) < 4.78 is 14.0. The number of benzene rings is 2. The van der Waals surface area contributed by atoms with Gasteiger partial charge in [0.05, 0.1) is 16.8 Å². The van der Waals surface area contributed by atoms with Crippen molar-refractivity contribution in [3.8, 4) is 0 Å². The highest BCUT2D eigenvalue weighted by atomic mass is 35.5. The van der Waals surface area contributed by atoms with Crippen molar-refractivity contribution in [1.82, 2.24) is 9.97 Å². The molecule has 158 valence electrons. The molecule has 0 fully saturated rings. The predicted molar refractivity (Wildman–Crippen MR) is 127 cm³/mol. The van der Waals surface area contributed by atoms with Gasteiger partial charge in [-0.15, -0.1) is 11.8 Å². The fourth-order valence-electron chi connectivity index (χ4n) is 3.11. The average Bonchev–Trinajstić information content (AvgIpc) is 3.18. The molecule has 0 spiro atoms. The number of aromatic nitrogens is 2. The first kappa shape index (κ1) is 21.7. The molecule has 0 radical (unpaired) electrons. The van der Waals surface area contributed by atoms with Gasteiger partial charge < -0.3 is 0 Å². The van der Waals surface area contributed by atoms with E-state index in [0.29, 0.717) is 28.9 Å². The fourth-order valence-corrected chi connectivity index (χ4v) is 5.39. The number of thioether (sulfide) groups is 1. The highest BCUT2D eigenvalue weighted by Gasteiger charge is 2.21. The molecule has 4 nitrogen and oxygen atoms in total. The number of carbonyl (C=O) groups excluding carboxylic acids is 1. The number of hydrogen-bond donors (Lipinski definition) is 0. The molecule has 4 aromatic rings. The number of rotatable bonds is 7. The third-order valence-electron chi connectivity index (χ3n) is 4.66. The Bertz CT molecular complexity index is 1200. The van der Waals surface area contributed by atoms with Crippen LogP contribution in [-0.4, -0.2) is 21.6 Å². The number of pyridine rings is 1. The number of aryl methyl sites for hydroxylation is 1. The number of thiazole rings is 1. The second kappa shape index (κ2) is 9.77. The molecule has 4 rings (SSSR count). The van der Waals surface area contributed by atoms with Crippen molar-refractivity contribution in [3.05, 3.63) is 82.9 Å². The Morgan fingerprint density at radius 2 is 1.90 bits per heavy atom. The van der Waals surface area contributed by atoms with E-state index in [9.17, 15) is 9.18 Å². The lowest BCUT2D eigenvalue weighted by atomic mass is 10.2. The van der Waals surface area contributed by atoms with Crippen molar-refractivity contribution >= 4 is 56.0 Å². The summed E-state index contributed by atoms with van der Waals surface area (Å²) in [6.07, 6.45) is 3.76. The number of hydrogen-bond acceptors (Lipinski definition) is 5. The first-order valence-corrected chi connectivity index (χ1v) is 11.8. The van der Waals surface area contributed by atoms with E-state index in [4.69, 9.17) is 16.6 Å². The highest BCUT2D eigenvalue weighted by Crippen LogP contribution is 2.34. The lowest BCUT2D eigenvalue weighted by Crippen LogP contribution is -2.30. The van der Waals surface area contributed by atoms with Crippen LogP contribution in [-0.2, 0) is 11.3 Å². The smallest absolute Gasteiger partial charge is 0.229 e. The number of carbonyl (C=O) groups is 1. The van der Waals surface area contributed by atoms with E-state index in [1.165, 1.54) is 35.2 Å². The van der Waals surface area contributed by atoms with E-state index >= 15 is 0 Å². The minimum Gasteiger partial charge on any atom is -0.284 e. The Labute approximate surface area is 193 Å². The molecule has 0 saturated carbocycles. The quantitative estimate of drug-likeness (QED) is 0.288. The van der Waals surface area contributed by atoms with E-state index in [0.717, 1.165) is 26.2 Å². The van der Waals surface area contributed by atoms with E-state index in [1.54, 1.807) is 29.4 Å². The van der Waals surface area contributed by atoms with Gasteiger partial charge in [0, 0.05) is 34.5 Å². The van der Waals surface area contributed by atoms with Crippen molar-refractivity contribution < 1.29 is 9.18 Å². The van der Waals surface area contributed by atoms with E-state index in [-0.39, 0.29) is 11.7 Å². The van der Waals surface area contributed by atoms with Crippen LogP contribution in [0.25, 0.3) is 10.2 Å². The first-order valence-electron chi connectivity index (χ1n) is 9.64. The van der Waals surface area contributed by atoms with Crippen LogP contribution < -0.4 is 4.90 Å². The van der Waals surface area contributed by atoms with Crippen molar-refractivity contribution in [2.45, 2.75) is 24.8 Å². The minimum absolute atomic E-state index is 0.0192. The normalized spacial score (nSPS) is 11.1. The number of fused-ring (bicyclic) bond motifs is 1. The maximum absolute atomic E-state index is 13.2. The van der Waals surface area contributed by atoms with Crippen molar-refractivity contribution in [2.75, 3.05) is 10.7 Å². The summed E-state index contributed by atoms with van der Waals surface area (Å²) in [4.78, 5) is 24.7. The topological polar surface area (TPSA) is 46.1 Å². The molecule has 0 N–H and O–H groups in total. The third kappa shape index (κ3) is 5.42. The Morgan fingerprint density at radius 1 is 1.16 bits per heavy atom. The Morgan fingerprint density at radius 3 is 2.65 bits per heavy atom. The van der Waals surface area contributed by atoms with Gasteiger partial charge in [-0.1, -0.05) is 22.9 Å². The molecule has 0 saturated heterocycles. The monoisotopic (exact) mass is 471 g/mol. The molecule has 31 heavy (non-hydrogen) atoms. The molecular weight excluding hydrogens is 453 g/mol. The zero-order valence-electron chi connectivity index (χ0n) is 16.7. The SMILES string of the molecule is Cc1cc(Cl)cc2sc(N(Cc3ccncc3)C(=O)CCSc3ccc(F)cc3)nc12. The molecule has 0 unspecified atom stereocenters. The second-order valence-electron chi connectivity index (χ2n) is 6.95. The number of amides is 1. The molecule has 0 aliphatic heterocycles. The predicted octanol–water partition coefficient (Wildman–Crippen LogP) is 6.51. The van der Waals surface area contributed by atoms with Gasteiger partial charge in [0.15, 0.2) is 5.13 Å². The summed E-state index contributed by atoms with van der Waals surface area (Å²) in [6, 6.07) is 13.8. The fraction of sp³-hybridized carbons (Fsp3) is 0.174. The van der Waals surface area contributed by atoms with Crippen molar-refractivity contribution in [2.24, 2.45) is 0 Å². The average molecular weight is 472 g/mol. The van der Waals surface area contributed by atoms with Crippen LogP contribution >= 0.6 is 34.7 Å². The van der Waals surface area contributed by atoms with E-state index in [2.05, 4.69) is 4.98 Å². The molecular formula is C23H19ClFN3OS2. The lowest BCUT2D eigenvalue weighted by molar-refractivity contribution is -0.118. The Balaban J connectivity index is 1.55. The second-order valence-corrected chi connectivity index (χ2v) is 9.57. The summed E-state index contributed by atoms with van der Waals surface area (Å²) in [7, 11) is 0. The summed E-state index contributed by atoms with van der Waals surface area (Å²) in [5, 5.41) is 1.30. The van der Waals surface area contributed by atoms with Gasteiger partial charge in [-0.25, -0.2) is 9.37 Å². The molecule has 1 amide bonds. The summed E-state index contributed by atoms with van der Waals surface area (Å²) >= 11 is 9.19. The van der Waals surface area contributed by atoms with Gasteiger partial charge in [-0.05, 0) is 66.6 Å². The van der Waals surface area contributed by atoms with Gasteiger partial charge in [-0.2, -0.15) is 0 Å². The molecule has 2 aromatic heterocycles. The molecule has 0 aliphatic rings. The van der Waals surface area contributed by atoms with Crippen LogP contribution in [0.1, 0.15) is 17.5 Å². The van der Waals surface area contributed by atoms with Crippen molar-refractivity contribution in [3.63, 3.8) is 0 Å². The van der Waals surface area contributed by atoms with Gasteiger partial charge in [0.2, 0.25) is 5.91 Å². The highest BCUT2D eigenvalue weighted by molar-refractivity contribution is 7.99. The molecule has 2 heterocycles. The van der Waals surface area contributed by atoms with E-state index < -0.39 is 0 Å². The maximum Gasteiger partial charge on any atom is 0.229 e. The maximum atomic E-state index is 13.2. The zero-order valence-corrected chi connectivity index (χ0v) is 19.1. The number of halogens is 2. The van der Waals surface area contributed by atoms with Crippen LogP contribution in [0.4, 0.5) is 9.52 Å². The largest absolute Gasteiger partial charge is 0.284 e. The third-order valence-corrected chi connectivity index (χ3v) is 6.92. The van der Waals surface area contributed by atoms with Crippen molar-refractivity contribution in [1.29, 1.82) is 0 Å². The van der Waals surface area contributed by atoms with Gasteiger partial charge in [0.25, 0.3) is 0 Å². The van der Waals surface area contributed by atoms with Gasteiger partial charge in [0.1, 0.15) is 5.82 Å². The molecule has 2 aromatic carbocycles. The van der Waals surface area contributed by atoms with Gasteiger partial charge >= 0.3 is 0 Å². The van der Waals surface area contributed by atoms with E-state index in [1.807, 2.05) is 31.2 Å². The summed E-state index contributed by atoms with van der Waals surface area (Å²) in [6.45, 7) is 2.38. The minimum atomic E-state index is -0.268. The molecule has 0 aliphatic carbocycles. The number of nitrogens with zero attached hydrogens (tertiary/aromatic N) is 3. The summed E-state index contributed by atoms with van der Waals surface area (Å²) in [5.41, 5.74) is 2.81. The van der Waals surface area contributed by atoms with Crippen LogP contribution in [0.5, 0.6) is 0 Å². The van der Waals surface area contributed by atoms with Crippen LogP contribution in [0, 0.1) is 12.7 Å². The standard InChI is InChI=1S/C23H19ClFN3OS2/c1-15-12-17(24)13-20-22(15)27-23(31-20)28(14-16-6-9-26-10-7-16)21(29)8-11-30-19-4-2-18(25)3-5-19/h2-7,9-10,12-13H,8,11,14H2,1H3. The molecule has 0 bridgehead atoms. The lowest BCUT2D eigenvalue weighted by Gasteiger charge is -2.20. The van der Waals surface area contributed by atoms with Crippen LogP contribution in [0.15, 0.2) is 65.8 Å². The molecule has 8 heteroatoms. The van der Waals surface area contributed by atoms with Crippen LogP contribution in [0.2, 0.25) is 5.02 Å². The first-order chi connectivity index (χ1) is 15.0. The Kier molecular flexibility index (Phi) is 6.85. The summed E-state index contributed by atoms with van der Waals surface area (Å²) in [5.74, 6) is 0.303. The Hall–Kier alpha value is -2.48. The number of anilines is 1. The van der Waals surface area contributed by atoms with Crippen LogP contribution in [0.3, 0.4) is 0 Å².